The van der Waals surface area contributed by atoms with E-state index in [1.165, 1.54) is 0 Å². The summed E-state index contributed by atoms with van der Waals surface area (Å²) in [7, 11) is -3.50. The molecule has 0 bridgehead atoms. The van der Waals surface area contributed by atoms with E-state index in [1.54, 1.807) is 0 Å². The lowest BCUT2D eigenvalue weighted by molar-refractivity contribution is -0.449. The molecule has 4 nitrogen and oxygen atoms in total. The van der Waals surface area contributed by atoms with Gasteiger partial charge >= 0.3 is 24.7 Å². The SMILES string of the molecule is CC(OOB([O-])[O-])(c1c(Cl)c(Cl)c(Cl)c(Cl)c1Cl)C(c1cc(C(F)(F)F)cc(C(F)(F)F)c1)c1cc(C(F)(F)F)cc(C(F)(F)F)c1. The highest BCUT2D eigenvalue weighted by Crippen LogP contribution is 2.56. The zero-order valence-electron chi connectivity index (χ0n) is 22.2. The Morgan fingerprint density at radius 2 is 0.809 bits per heavy atom. The van der Waals surface area contributed by atoms with Crippen molar-refractivity contribution in [1.82, 2.24) is 0 Å². The van der Waals surface area contributed by atoms with Gasteiger partial charge in [-0.05, 0) is 54.4 Å². The van der Waals surface area contributed by atoms with E-state index in [9.17, 15) is 62.7 Å². The van der Waals surface area contributed by atoms with Crippen LogP contribution in [0.25, 0.3) is 0 Å². The molecule has 258 valence electrons. The van der Waals surface area contributed by atoms with Crippen molar-refractivity contribution in [3.05, 3.63) is 100 Å². The molecule has 0 aliphatic heterocycles. The summed E-state index contributed by atoms with van der Waals surface area (Å²) in [5.41, 5.74) is -15.3. The average molecular weight is 790 g/mol. The summed E-state index contributed by atoms with van der Waals surface area (Å²) < 4.78 is 167. The van der Waals surface area contributed by atoms with Gasteiger partial charge in [0.15, 0.2) is 0 Å². The maximum atomic E-state index is 13.9. The van der Waals surface area contributed by atoms with E-state index < -0.39 is 120 Å². The summed E-state index contributed by atoms with van der Waals surface area (Å²) in [5, 5.41) is 18.7. The van der Waals surface area contributed by atoms with Crippen LogP contribution in [-0.4, -0.2) is 7.32 Å². The summed E-state index contributed by atoms with van der Waals surface area (Å²) in [6.45, 7) is 0.550. The summed E-state index contributed by atoms with van der Waals surface area (Å²) in [5.74, 6) is -2.77. The predicted octanol–water partition coefficient (Wildman–Crippen LogP) is 9.73. The van der Waals surface area contributed by atoms with Crippen LogP contribution in [0.3, 0.4) is 0 Å². The molecule has 1 unspecified atom stereocenters. The second kappa shape index (κ2) is 13.5. The third kappa shape index (κ3) is 8.49. The maximum absolute atomic E-state index is 13.9. The quantitative estimate of drug-likeness (QED) is 0.0598. The zero-order chi connectivity index (χ0) is 36.2. The lowest BCUT2D eigenvalue weighted by atomic mass is 9.73. The number of rotatable bonds is 7. The van der Waals surface area contributed by atoms with Crippen molar-refractivity contribution < 1.29 is 72.4 Å². The molecule has 0 saturated carbocycles. The summed E-state index contributed by atoms with van der Waals surface area (Å²) in [6.07, 6.45) is -22.4. The van der Waals surface area contributed by atoms with Gasteiger partial charge in [0.2, 0.25) is 0 Å². The molecular formula is C25H10BCl5F12O4-2. The number of hydrogen-bond donors (Lipinski definition) is 0. The number of alkyl halides is 12. The van der Waals surface area contributed by atoms with Crippen molar-refractivity contribution in [3.63, 3.8) is 0 Å². The minimum absolute atomic E-state index is 0.0676. The van der Waals surface area contributed by atoms with Crippen molar-refractivity contribution in [2.45, 2.75) is 43.1 Å². The molecule has 0 N–H and O–H groups in total. The monoisotopic (exact) mass is 788 g/mol. The van der Waals surface area contributed by atoms with Crippen molar-refractivity contribution in [2.24, 2.45) is 0 Å². The summed E-state index contributed by atoms with van der Waals surface area (Å²) in [6, 6.07) is -1.07. The molecule has 0 fully saturated rings. The Balaban J connectivity index is 2.71. The molecular weight excluding hydrogens is 780 g/mol. The van der Waals surface area contributed by atoms with Gasteiger partial charge in [-0.1, -0.05) is 58.0 Å². The van der Waals surface area contributed by atoms with Gasteiger partial charge in [-0.25, -0.2) is 4.89 Å². The largest absolute Gasteiger partial charge is 0.868 e. The molecule has 0 aliphatic rings. The van der Waals surface area contributed by atoms with E-state index in [0.717, 1.165) is 0 Å². The molecule has 0 radical (unpaired) electrons. The first-order chi connectivity index (χ1) is 21.1. The van der Waals surface area contributed by atoms with Crippen molar-refractivity contribution in [2.75, 3.05) is 0 Å². The first-order valence-electron chi connectivity index (χ1n) is 11.9. The number of benzene rings is 3. The van der Waals surface area contributed by atoms with E-state index >= 15 is 0 Å². The maximum Gasteiger partial charge on any atom is 0.416 e. The Morgan fingerprint density at radius 1 is 0.532 bits per heavy atom. The minimum atomic E-state index is -5.60. The molecule has 0 heterocycles. The first-order valence-corrected chi connectivity index (χ1v) is 13.8. The molecule has 0 spiro atoms. The Labute approximate surface area is 280 Å². The fourth-order valence-corrected chi connectivity index (χ4v) is 6.05. The van der Waals surface area contributed by atoms with Crippen LogP contribution in [0.2, 0.25) is 25.1 Å². The molecule has 22 heteroatoms. The fourth-order valence-electron chi connectivity index (χ4n) is 4.53. The summed E-state index contributed by atoms with van der Waals surface area (Å²) >= 11 is 30.5. The molecule has 0 aliphatic carbocycles. The molecule has 0 saturated heterocycles. The van der Waals surface area contributed by atoms with Crippen LogP contribution in [0, 0.1) is 0 Å². The molecule has 0 amide bonds. The normalized spacial score (nSPS) is 14.5. The van der Waals surface area contributed by atoms with E-state index in [0.29, 0.717) is 6.92 Å². The second-order valence-electron chi connectivity index (χ2n) is 9.63. The number of halogens is 17. The number of hydrogen-bond acceptors (Lipinski definition) is 4. The fraction of sp³-hybridized carbons (Fsp3) is 0.280. The van der Waals surface area contributed by atoms with Gasteiger partial charge in [0.25, 0.3) is 0 Å². The van der Waals surface area contributed by atoms with Gasteiger partial charge in [0, 0.05) is 11.5 Å². The van der Waals surface area contributed by atoms with E-state index in [-0.39, 0.29) is 24.3 Å². The predicted molar refractivity (Wildman–Crippen MR) is 142 cm³/mol. The topological polar surface area (TPSA) is 64.6 Å². The third-order valence-electron chi connectivity index (χ3n) is 6.44. The van der Waals surface area contributed by atoms with Crippen LogP contribution in [0.4, 0.5) is 52.7 Å². The second-order valence-corrected chi connectivity index (χ2v) is 11.5. The molecule has 3 rings (SSSR count). The average Bonchev–Trinajstić information content (AvgIpc) is 2.92. The van der Waals surface area contributed by atoms with Crippen molar-refractivity contribution >= 4 is 65.3 Å². The van der Waals surface area contributed by atoms with E-state index in [2.05, 4.69) is 4.81 Å². The first kappa shape index (κ1) is 39.6. The van der Waals surface area contributed by atoms with Gasteiger partial charge in [-0.2, -0.15) is 52.7 Å². The van der Waals surface area contributed by atoms with Gasteiger partial charge in [0.05, 0.1) is 47.4 Å². The Hall–Kier alpha value is -1.83. The Bertz CT molecular complexity index is 1490. The van der Waals surface area contributed by atoms with Crippen LogP contribution in [0.1, 0.15) is 51.8 Å². The summed E-state index contributed by atoms with van der Waals surface area (Å²) in [4.78, 5) is 8.94. The van der Waals surface area contributed by atoms with Gasteiger partial charge in [-0.3, -0.25) is 0 Å². The van der Waals surface area contributed by atoms with E-state index in [1.807, 2.05) is 0 Å². The lowest BCUT2D eigenvalue weighted by Gasteiger charge is -2.42. The molecule has 3 aromatic rings. The van der Waals surface area contributed by atoms with Crippen LogP contribution in [0.15, 0.2) is 36.4 Å². The minimum Gasteiger partial charge on any atom is -0.868 e. The highest BCUT2D eigenvalue weighted by atomic mass is 35.5. The standard InChI is InChI=1S/C25H10BCl5F12O4/c1-21(46-47-26(44)45,15-16(27)18(29)20(31)19(30)17(15)28)14(8-2-10(22(32,33)34)6-11(3-8)23(35,36)37)9-4-12(24(38,39)40)7-13(5-9)25(41,42)43/h2-7,14H,1H3/q-2. The lowest BCUT2D eigenvalue weighted by Crippen LogP contribution is -2.50. The molecule has 47 heavy (non-hydrogen) atoms. The van der Waals surface area contributed by atoms with Crippen LogP contribution < -0.4 is 10.0 Å². The van der Waals surface area contributed by atoms with Crippen LogP contribution in [0.5, 0.6) is 0 Å². The molecule has 0 aromatic heterocycles. The Kier molecular flexibility index (Phi) is 11.4. The highest BCUT2D eigenvalue weighted by Gasteiger charge is 2.48. The third-order valence-corrected chi connectivity index (χ3v) is 8.72. The van der Waals surface area contributed by atoms with Gasteiger partial charge in [-0.15, -0.1) is 0 Å². The van der Waals surface area contributed by atoms with Crippen LogP contribution in [-0.2, 0) is 40.0 Å². The van der Waals surface area contributed by atoms with E-state index in [4.69, 9.17) is 62.9 Å². The zero-order valence-corrected chi connectivity index (χ0v) is 26.0. The Morgan fingerprint density at radius 3 is 1.06 bits per heavy atom. The van der Waals surface area contributed by atoms with Crippen LogP contribution >= 0.6 is 58.0 Å². The van der Waals surface area contributed by atoms with Crippen molar-refractivity contribution in [1.29, 1.82) is 0 Å². The smallest absolute Gasteiger partial charge is 0.416 e. The van der Waals surface area contributed by atoms with Gasteiger partial charge < -0.3 is 14.9 Å². The van der Waals surface area contributed by atoms with Gasteiger partial charge in [0.1, 0.15) is 12.9 Å². The molecule has 1 atom stereocenters. The highest BCUT2D eigenvalue weighted by molar-refractivity contribution is 6.55. The molecule has 3 aromatic carbocycles. The van der Waals surface area contributed by atoms with Crippen molar-refractivity contribution in [3.8, 4) is 0 Å².